The van der Waals surface area contributed by atoms with E-state index >= 15 is 0 Å². The first-order valence-electron chi connectivity index (χ1n) is 11.1. The molecule has 1 aliphatic carbocycles. The van der Waals surface area contributed by atoms with Crippen molar-refractivity contribution in [3.8, 4) is 5.75 Å². The number of ether oxygens (including phenoxy) is 1. The Balaban J connectivity index is 1.33. The summed E-state index contributed by atoms with van der Waals surface area (Å²) in [6.45, 7) is 0.602. The minimum Gasteiger partial charge on any atom is -0.482 e. The van der Waals surface area contributed by atoms with Crippen LogP contribution in [0.3, 0.4) is 0 Å². The molecule has 3 heterocycles. The number of amides is 3. The van der Waals surface area contributed by atoms with Crippen molar-refractivity contribution < 1.29 is 23.5 Å². The Hall–Kier alpha value is -4.02. The van der Waals surface area contributed by atoms with Gasteiger partial charge in [0.1, 0.15) is 17.1 Å². The highest BCUT2D eigenvalue weighted by Gasteiger charge is 2.22. The summed E-state index contributed by atoms with van der Waals surface area (Å²) in [4.78, 5) is 41.3. The van der Waals surface area contributed by atoms with E-state index in [1.165, 1.54) is 6.07 Å². The third-order valence-corrected chi connectivity index (χ3v) is 6.05. The molecule has 3 aromatic rings. The number of nitrogens with one attached hydrogen (secondary N) is 3. The lowest BCUT2D eigenvalue weighted by atomic mass is 10.1. The van der Waals surface area contributed by atoms with E-state index in [1.807, 2.05) is 0 Å². The summed E-state index contributed by atoms with van der Waals surface area (Å²) >= 11 is 0. The smallest absolute Gasteiger partial charge is 0.270 e. The zero-order valence-corrected chi connectivity index (χ0v) is 18.3. The first-order valence-corrected chi connectivity index (χ1v) is 11.1. The topological polar surface area (TPSA) is 127 Å². The van der Waals surface area contributed by atoms with Crippen LogP contribution in [-0.2, 0) is 11.3 Å². The van der Waals surface area contributed by atoms with Gasteiger partial charge in [-0.25, -0.2) is 13.9 Å². The molecule has 0 spiro atoms. The number of hydrogen-bond acceptors (Lipinski definition) is 6. The number of fused-ring (bicyclic) bond motifs is 2. The minimum atomic E-state index is -0.732. The van der Waals surface area contributed by atoms with Gasteiger partial charge >= 0.3 is 0 Å². The van der Waals surface area contributed by atoms with Crippen LogP contribution >= 0.6 is 0 Å². The fourth-order valence-corrected chi connectivity index (χ4v) is 4.27. The molecule has 10 nitrogen and oxygen atoms in total. The second-order valence-corrected chi connectivity index (χ2v) is 8.47. The van der Waals surface area contributed by atoms with Gasteiger partial charge in [-0.05, 0) is 36.5 Å². The Morgan fingerprint density at radius 1 is 1.18 bits per heavy atom. The van der Waals surface area contributed by atoms with E-state index in [-0.39, 0.29) is 36.1 Å². The molecule has 0 bridgehead atoms. The third kappa shape index (κ3) is 4.41. The monoisotopic (exact) mass is 466 g/mol. The molecular weight excluding hydrogens is 443 g/mol. The van der Waals surface area contributed by atoms with Gasteiger partial charge in [-0.3, -0.25) is 14.4 Å². The fraction of sp³-hybridized carbons (Fsp3) is 0.348. The molecule has 3 N–H and O–H groups in total. The zero-order chi connectivity index (χ0) is 23.7. The number of carbonyl (C=O) groups is 3. The van der Waals surface area contributed by atoms with Gasteiger partial charge in [-0.1, -0.05) is 18.9 Å². The molecule has 0 radical (unpaired) electrons. The summed E-state index contributed by atoms with van der Waals surface area (Å²) in [7, 11) is 0. The van der Waals surface area contributed by atoms with Gasteiger partial charge in [0.05, 0.1) is 11.9 Å². The summed E-state index contributed by atoms with van der Waals surface area (Å²) < 4.78 is 20.7. The zero-order valence-electron chi connectivity index (χ0n) is 18.3. The van der Waals surface area contributed by atoms with Crippen molar-refractivity contribution in [3.63, 3.8) is 0 Å². The van der Waals surface area contributed by atoms with Crippen molar-refractivity contribution in [3.05, 3.63) is 53.2 Å². The van der Waals surface area contributed by atoms with Crippen molar-refractivity contribution in [2.45, 2.75) is 32.2 Å². The molecule has 2 aromatic heterocycles. The van der Waals surface area contributed by atoms with Crippen LogP contribution in [0, 0.1) is 11.7 Å². The predicted molar refractivity (Wildman–Crippen MR) is 119 cm³/mol. The number of benzene rings is 1. The summed E-state index contributed by atoms with van der Waals surface area (Å²) in [5, 5.41) is 12.2. The molecule has 0 unspecified atom stereocenters. The number of carbonyl (C=O) groups excluding carboxylic acids is 3. The number of nitrogens with zero attached hydrogens (tertiary/aromatic N) is 3. The van der Waals surface area contributed by atoms with Gasteiger partial charge in [0.25, 0.3) is 17.7 Å². The van der Waals surface area contributed by atoms with E-state index in [0.717, 1.165) is 36.4 Å². The maximum Gasteiger partial charge on any atom is 0.270 e. The van der Waals surface area contributed by atoms with Gasteiger partial charge in [-0.2, -0.15) is 5.10 Å². The molecule has 1 aromatic carbocycles. The number of hydrogen-bond donors (Lipinski definition) is 3. The molecule has 3 amide bonds. The molecule has 1 aliphatic heterocycles. The first-order chi connectivity index (χ1) is 16.5. The van der Waals surface area contributed by atoms with Gasteiger partial charge in [-0.15, -0.1) is 0 Å². The minimum absolute atomic E-state index is 0.0330. The van der Waals surface area contributed by atoms with Crippen LogP contribution in [-0.4, -0.2) is 45.5 Å². The van der Waals surface area contributed by atoms with Crippen LogP contribution in [0.25, 0.3) is 5.65 Å². The van der Waals surface area contributed by atoms with Crippen molar-refractivity contribution in [1.29, 1.82) is 0 Å². The third-order valence-electron chi connectivity index (χ3n) is 6.05. The summed E-state index contributed by atoms with van der Waals surface area (Å²) in [5.74, 6) is -1.04. The quantitative estimate of drug-likeness (QED) is 0.510. The maximum atomic E-state index is 14.3. The van der Waals surface area contributed by atoms with Gasteiger partial charge in [0, 0.05) is 19.2 Å². The highest BCUT2D eigenvalue weighted by molar-refractivity contribution is 5.98. The number of anilines is 1. The van der Waals surface area contributed by atoms with Crippen molar-refractivity contribution in [2.75, 3.05) is 18.5 Å². The lowest BCUT2D eigenvalue weighted by molar-refractivity contribution is -0.118. The highest BCUT2D eigenvalue weighted by Crippen LogP contribution is 2.28. The number of halogens is 1. The van der Waals surface area contributed by atoms with Crippen LogP contribution in [0.2, 0.25) is 0 Å². The lowest BCUT2D eigenvalue weighted by Crippen LogP contribution is -2.31. The average Bonchev–Trinajstić information content (AvgIpc) is 3.50. The largest absolute Gasteiger partial charge is 0.482 e. The normalized spacial score (nSPS) is 15.5. The van der Waals surface area contributed by atoms with Crippen LogP contribution in [0.1, 0.15) is 52.2 Å². The Morgan fingerprint density at radius 3 is 2.82 bits per heavy atom. The molecule has 34 heavy (non-hydrogen) atoms. The number of aromatic nitrogens is 3. The maximum absolute atomic E-state index is 14.3. The van der Waals surface area contributed by atoms with Crippen molar-refractivity contribution in [2.24, 2.45) is 5.92 Å². The van der Waals surface area contributed by atoms with Gasteiger partial charge in [0.2, 0.25) is 0 Å². The Kier molecular flexibility index (Phi) is 5.83. The van der Waals surface area contributed by atoms with Crippen molar-refractivity contribution >= 4 is 29.1 Å². The Labute approximate surface area is 193 Å². The van der Waals surface area contributed by atoms with E-state index in [0.29, 0.717) is 29.5 Å². The number of rotatable bonds is 6. The van der Waals surface area contributed by atoms with E-state index in [4.69, 9.17) is 4.74 Å². The SMILES string of the molecule is O=C1COc2ccc(CNC(=O)c3cc(C(=O)NCC4CCCC4)n4ncc(F)c4n3)cc2N1. The van der Waals surface area contributed by atoms with E-state index in [1.54, 1.807) is 18.2 Å². The van der Waals surface area contributed by atoms with E-state index in [2.05, 4.69) is 26.0 Å². The molecule has 0 atom stereocenters. The highest BCUT2D eigenvalue weighted by atomic mass is 19.1. The average molecular weight is 466 g/mol. The molecule has 1 saturated carbocycles. The van der Waals surface area contributed by atoms with E-state index < -0.39 is 17.6 Å². The van der Waals surface area contributed by atoms with E-state index in [9.17, 15) is 18.8 Å². The fourth-order valence-electron chi connectivity index (χ4n) is 4.27. The van der Waals surface area contributed by atoms with Gasteiger partial charge < -0.3 is 20.7 Å². The van der Waals surface area contributed by atoms with Crippen LogP contribution in [0.4, 0.5) is 10.1 Å². The van der Waals surface area contributed by atoms with Crippen molar-refractivity contribution in [1.82, 2.24) is 25.2 Å². The molecule has 1 fully saturated rings. The molecular formula is C23H23FN6O4. The lowest BCUT2D eigenvalue weighted by Gasteiger charge is -2.18. The summed E-state index contributed by atoms with van der Waals surface area (Å²) in [6, 6.07) is 6.46. The van der Waals surface area contributed by atoms with Crippen LogP contribution in [0.15, 0.2) is 30.5 Å². The second-order valence-electron chi connectivity index (χ2n) is 8.47. The Morgan fingerprint density at radius 2 is 2.00 bits per heavy atom. The molecule has 5 rings (SSSR count). The van der Waals surface area contributed by atoms with Crippen LogP contribution in [0.5, 0.6) is 5.75 Å². The summed E-state index contributed by atoms with van der Waals surface area (Å²) in [5.41, 5.74) is 0.958. The summed E-state index contributed by atoms with van der Waals surface area (Å²) in [6.07, 6.45) is 5.39. The standard InChI is InChI=1S/C23H23FN6O4/c24-15-11-27-30-18(23(33)26-9-13-3-1-2-4-13)8-17(29-21(15)30)22(32)25-10-14-5-6-19-16(7-14)28-20(31)12-34-19/h5-8,11,13H,1-4,9-10,12H2,(H,25,32)(H,26,33)(H,28,31). The molecule has 11 heteroatoms. The van der Waals surface area contributed by atoms with Crippen LogP contribution < -0.4 is 20.7 Å². The Bertz CT molecular complexity index is 1280. The van der Waals surface area contributed by atoms with Gasteiger partial charge in [0.15, 0.2) is 18.1 Å². The molecule has 176 valence electrons. The molecule has 2 aliphatic rings. The first kappa shape index (κ1) is 21.8. The predicted octanol–water partition coefficient (Wildman–Crippen LogP) is 2.05. The second kappa shape index (κ2) is 9.08. The molecule has 0 saturated heterocycles.